The van der Waals surface area contributed by atoms with E-state index in [0.717, 1.165) is 17.5 Å². The van der Waals surface area contributed by atoms with Gasteiger partial charge in [0.25, 0.3) is 10.0 Å². The van der Waals surface area contributed by atoms with Gasteiger partial charge in [0.15, 0.2) is 11.7 Å². The maximum Gasteiger partial charge on any atom is 0.262 e. The van der Waals surface area contributed by atoms with E-state index in [1.165, 1.54) is 12.1 Å². The monoisotopic (exact) mass is 452 g/mol. The molecule has 0 unspecified atom stereocenters. The van der Waals surface area contributed by atoms with Crippen molar-refractivity contribution in [2.75, 3.05) is 11.9 Å². The van der Waals surface area contributed by atoms with E-state index in [4.69, 9.17) is 4.42 Å². The minimum Gasteiger partial charge on any atom is -0.441 e. The summed E-state index contributed by atoms with van der Waals surface area (Å²) in [6, 6.07) is 14.0. The van der Waals surface area contributed by atoms with E-state index in [0.29, 0.717) is 42.6 Å². The lowest BCUT2D eigenvalue weighted by Gasteiger charge is -2.10. The molecule has 8 nitrogen and oxygen atoms in total. The summed E-state index contributed by atoms with van der Waals surface area (Å²) in [5, 5.41) is 2.73. The molecule has 4 rings (SSSR count). The highest BCUT2D eigenvalue weighted by Crippen LogP contribution is 2.22. The van der Waals surface area contributed by atoms with Crippen LogP contribution < -0.4 is 10.0 Å². The number of aromatic nitrogens is 1. The van der Waals surface area contributed by atoms with Crippen LogP contribution in [0.4, 0.5) is 5.69 Å². The van der Waals surface area contributed by atoms with Gasteiger partial charge in [-0.05, 0) is 31.5 Å². The van der Waals surface area contributed by atoms with Crippen molar-refractivity contribution in [2.45, 2.75) is 37.5 Å². The fourth-order valence-electron chi connectivity index (χ4n) is 3.30. The van der Waals surface area contributed by atoms with Gasteiger partial charge in [-0.25, -0.2) is 13.4 Å². The first kappa shape index (κ1) is 21.8. The molecule has 0 bridgehead atoms. The highest BCUT2D eigenvalue weighted by Gasteiger charge is 2.19. The molecule has 1 aromatic heterocycles. The van der Waals surface area contributed by atoms with Gasteiger partial charge < -0.3 is 9.73 Å². The first-order valence-electron chi connectivity index (χ1n) is 10.4. The summed E-state index contributed by atoms with van der Waals surface area (Å²) in [5.41, 5.74) is 2.48. The van der Waals surface area contributed by atoms with Gasteiger partial charge in [0.05, 0.1) is 11.1 Å². The van der Waals surface area contributed by atoms with Gasteiger partial charge in [0.2, 0.25) is 5.91 Å². The van der Waals surface area contributed by atoms with Crippen molar-refractivity contribution in [1.82, 2.24) is 9.71 Å². The molecule has 0 atom stereocenters. The second kappa shape index (κ2) is 9.35. The Morgan fingerprint density at radius 3 is 2.72 bits per heavy atom. The smallest absolute Gasteiger partial charge is 0.262 e. The number of hydrogen-bond acceptors (Lipinski definition) is 6. The normalized spacial score (nSPS) is 13.6. The van der Waals surface area contributed by atoms with Gasteiger partial charge in [-0.15, -0.1) is 0 Å². The number of nitrogens with one attached hydrogen (secondary N) is 2. The largest absolute Gasteiger partial charge is 0.441 e. The van der Waals surface area contributed by atoms with Crippen molar-refractivity contribution in [3.8, 4) is 11.3 Å². The lowest BCUT2D eigenvalue weighted by Crippen LogP contribution is -2.29. The summed E-state index contributed by atoms with van der Waals surface area (Å²) >= 11 is 0. The Labute approximate surface area is 186 Å². The highest BCUT2D eigenvalue weighted by atomic mass is 32.2. The Kier molecular flexibility index (Phi) is 6.36. The molecule has 1 aliphatic heterocycles. The third-order valence-electron chi connectivity index (χ3n) is 5.01. The van der Waals surface area contributed by atoms with Crippen LogP contribution >= 0.6 is 0 Å². The predicted octanol–water partition coefficient (Wildman–Crippen LogP) is 3.69. The summed E-state index contributed by atoms with van der Waals surface area (Å²) in [6.45, 7) is 2.64. The molecule has 2 heterocycles. The maximum absolute atomic E-state index is 12.5. The first-order chi connectivity index (χ1) is 15.4. The van der Waals surface area contributed by atoms with E-state index >= 15 is 0 Å². The molecule has 1 amide bonds. The Morgan fingerprint density at radius 1 is 1.16 bits per heavy atom. The van der Waals surface area contributed by atoms with Crippen LogP contribution in [-0.4, -0.2) is 31.7 Å². The molecule has 2 N–H and O–H groups in total. The molecule has 1 aliphatic rings. The van der Waals surface area contributed by atoms with E-state index in [1.54, 1.807) is 18.3 Å². The zero-order chi connectivity index (χ0) is 22.6. The number of sulfonamides is 1. The predicted molar refractivity (Wildman–Crippen MR) is 122 cm³/mol. The number of rotatable bonds is 7. The standard InChI is InChI=1S/C23H24N4O4S/c1-16-7-9-17(10-8-16)20-15-25-23(31-20)12-11-22(28)26-18-4-2-5-19(14-18)32(29,30)27-21-6-3-13-24-21/h2,4-5,7-10,14-15H,3,6,11-13H2,1H3,(H,24,27)(H,26,28). The van der Waals surface area contributed by atoms with E-state index in [9.17, 15) is 13.2 Å². The summed E-state index contributed by atoms with van der Waals surface area (Å²) in [4.78, 5) is 20.8. The van der Waals surface area contributed by atoms with Gasteiger partial charge >= 0.3 is 0 Å². The van der Waals surface area contributed by atoms with Crippen molar-refractivity contribution in [2.24, 2.45) is 4.99 Å². The quantitative estimate of drug-likeness (QED) is 0.568. The zero-order valence-corrected chi connectivity index (χ0v) is 18.5. The van der Waals surface area contributed by atoms with Crippen LogP contribution in [0.15, 0.2) is 69.0 Å². The van der Waals surface area contributed by atoms with Crippen LogP contribution in [0.3, 0.4) is 0 Å². The molecule has 3 aromatic rings. The van der Waals surface area contributed by atoms with Crippen LogP contribution in [0.1, 0.15) is 30.7 Å². The molecule has 0 radical (unpaired) electrons. The Morgan fingerprint density at radius 2 is 1.97 bits per heavy atom. The number of carbonyl (C=O) groups excluding carboxylic acids is 1. The van der Waals surface area contributed by atoms with Crippen LogP contribution in [-0.2, 0) is 21.2 Å². The van der Waals surface area contributed by atoms with Gasteiger partial charge in [0, 0.05) is 37.1 Å². The third kappa shape index (κ3) is 5.42. The molecular weight excluding hydrogens is 428 g/mol. The number of amidine groups is 1. The van der Waals surface area contributed by atoms with Crippen LogP contribution in [0.25, 0.3) is 11.3 Å². The number of aliphatic imine (C=N–C) groups is 1. The van der Waals surface area contributed by atoms with E-state index in [1.807, 2.05) is 31.2 Å². The minimum atomic E-state index is -3.74. The fraction of sp³-hybridized carbons (Fsp3) is 0.261. The van der Waals surface area contributed by atoms with Crippen LogP contribution in [0.2, 0.25) is 0 Å². The fourth-order valence-corrected chi connectivity index (χ4v) is 4.43. The number of benzene rings is 2. The summed E-state index contributed by atoms with van der Waals surface area (Å²) in [5.74, 6) is 1.32. The number of anilines is 1. The molecule has 166 valence electrons. The SMILES string of the molecule is Cc1ccc(-c2cnc(CCC(=O)Nc3cccc(S(=O)(=O)NC4=NCCC4)c3)o2)cc1. The summed E-state index contributed by atoms with van der Waals surface area (Å²) in [6.07, 6.45) is 3.58. The summed E-state index contributed by atoms with van der Waals surface area (Å²) < 4.78 is 33.4. The van der Waals surface area contributed by atoms with Crippen molar-refractivity contribution >= 4 is 27.5 Å². The molecule has 0 saturated carbocycles. The molecular formula is C23H24N4O4S. The topological polar surface area (TPSA) is 114 Å². The highest BCUT2D eigenvalue weighted by molar-refractivity contribution is 7.90. The average Bonchev–Trinajstić information content (AvgIpc) is 3.45. The Balaban J connectivity index is 1.34. The Bertz CT molecular complexity index is 1250. The maximum atomic E-state index is 12.5. The molecule has 0 spiro atoms. The van der Waals surface area contributed by atoms with Gasteiger partial charge in [-0.3, -0.25) is 14.5 Å². The number of nitrogens with zero attached hydrogens (tertiary/aromatic N) is 2. The number of aryl methyl sites for hydroxylation is 2. The zero-order valence-electron chi connectivity index (χ0n) is 17.7. The molecule has 0 saturated heterocycles. The van der Waals surface area contributed by atoms with E-state index in [-0.39, 0.29) is 17.2 Å². The number of carbonyl (C=O) groups is 1. The van der Waals surface area contributed by atoms with Crippen molar-refractivity contribution in [3.05, 3.63) is 66.2 Å². The van der Waals surface area contributed by atoms with Crippen molar-refractivity contribution in [3.63, 3.8) is 0 Å². The minimum absolute atomic E-state index is 0.0698. The molecule has 9 heteroatoms. The molecule has 2 aromatic carbocycles. The lowest BCUT2D eigenvalue weighted by molar-refractivity contribution is -0.116. The van der Waals surface area contributed by atoms with Gasteiger partial charge in [0.1, 0.15) is 5.84 Å². The first-order valence-corrected chi connectivity index (χ1v) is 11.9. The summed E-state index contributed by atoms with van der Waals surface area (Å²) in [7, 11) is -3.74. The van der Waals surface area contributed by atoms with E-state index < -0.39 is 10.0 Å². The van der Waals surface area contributed by atoms with E-state index in [2.05, 4.69) is 20.0 Å². The van der Waals surface area contributed by atoms with Gasteiger partial charge in [-0.2, -0.15) is 0 Å². The number of amides is 1. The lowest BCUT2D eigenvalue weighted by atomic mass is 10.1. The number of hydrogen-bond donors (Lipinski definition) is 2. The van der Waals surface area contributed by atoms with Crippen molar-refractivity contribution < 1.29 is 17.6 Å². The second-order valence-corrected chi connectivity index (χ2v) is 9.28. The second-order valence-electron chi connectivity index (χ2n) is 7.60. The third-order valence-corrected chi connectivity index (χ3v) is 6.39. The molecule has 32 heavy (non-hydrogen) atoms. The van der Waals surface area contributed by atoms with Crippen LogP contribution in [0, 0.1) is 6.92 Å². The van der Waals surface area contributed by atoms with Gasteiger partial charge in [-0.1, -0.05) is 35.9 Å². The van der Waals surface area contributed by atoms with Crippen molar-refractivity contribution in [1.29, 1.82) is 0 Å². The molecule has 0 fully saturated rings. The number of oxazole rings is 1. The average molecular weight is 453 g/mol. The molecule has 0 aliphatic carbocycles. The van der Waals surface area contributed by atoms with Crippen LogP contribution in [0.5, 0.6) is 0 Å². The Hall–Kier alpha value is -3.46.